The molecule has 0 N–H and O–H groups in total. The van der Waals surface area contributed by atoms with Crippen LogP contribution in [0.2, 0.25) is 5.02 Å². The maximum Gasteiger partial charge on any atom is 0.162 e. The summed E-state index contributed by atoms with van der Waals surface area (Å²) in [4.78, 5) is 0. The lowest BCUT2D eigenvalue weighted by Gasteiger charge is -2.15. The summed E-state index contributed by atoms with van der Waals surface area (Å²) in [5.74, 6) is 1.40. The maximum atomic E-state index is 6.54. The highest BCUT2D eigenvalue weighted by Gasteiger charge is 2.19. The van der Waals surface area contributed by atoms with Gasteiger partial charge >= 0.3 is 0 Å². The molecule has 0 bridgehead atoms. The molecule has 0 spiro atoms. The fourth-order valence-corrected chi connectivity index (χ4v) is 2.84. The third kappa shape index (κ3) is 2.72. The van der Waals surface area contributed by atoms with E-state index >= 15 is 0 Å². The zero-order valence-corrected chi connectivity index (χ0v) is 12.3. The van der Waals surface area contributed by atoms with Crippen LogP contribution in [-0.2, 0) is 0 Å². The molecule has 2 aromatic rings. The van der Waals surface area contributed by atoms with Gasteiger partial charge in [0.1, 0.15) is 0 Å². The average molecular weight is 309 g/mol. The van der Waals surface area contributed by atoms with Gasteiger partial charge in [-0.25, -0.2) is 0 Å². The first-order valence-electron chi connectivity index (χ1n) is 6.54. The van der Waals surface area contributed by atoms with Crippen LogP contribution >= 0.6 is 23.2 Å². The second kappa shape index (κ2) is 5.94. The van der Waals surface area contributed by atoms with Gasteiger partial charge in [-0.05, 0) is 17.2 Å². The van der Waals surface area contributed by atoms with E-state index in [9.17, 15) is 0 Å². The minimum absolute atomic E-state index is 0.305. The smallest absolute Gasteiger partial charge is 0.162 e. The van der Waals surface area contributed by atoms with Crippen LogP contribution in [0.25, 0.3) is 0 Å². The molecule has 1 atom stereocenters. The fraction of sp³-hybridized carbons (Fsp3) is 0.250. The third-order valence-corrected chi connectivity index (χ3v) is 4.05. The molecule has 1 aliphatic heterocycles. The standard InChI is InChI=1S/C16H14Cl2O2/c17-13-10-15-14(19-7-4-8-20-15)9-12(13)16(18)11-5-2-1-3-6-11/h1-3,5-6,9-10,16H,4,7-8H2. The number of halogens is 2. The third-order valence-electron chi connectivity index (χ3n) is 3.23. The van der Waals surface area contributed by atoms with Gasteiger partial charge in [0.2, 0.25) is 0 Å². The summed E-state index contributed by atoms with van der Waals surface area (Å²) in [5, 5.41) is 0.291. The molecule has 0 saturated heterocycles. The van der Waals surface area contributed by atoms with Gasteiger partial charge in [0.05, 0.1) is 18.6 Å². The van der Waals surface area contributed by atoms with E-state index < -0.39 is 0 Å². The lowest BCUT2D eigenvalue weighted by atomic mass is 10.0. The number of hydrogen-bond acceptors (Lipinski definition) is 2. The Morgan fingerprint density at radius 2 is 1.60 bits per heavy atom. The van der Waals surface area contributed by atoms with Crippen molar-refractivity contribution in [2.24, 2.45) is 0 Å². The van der Waals surface area contributed by atoms with E-state index in [-0.39, 0.29) is 5.38 Å². The summed E-state index contributed by atoms with van der Waals surface area (Å²) in [6.07, 6.45) is 0.866. The van der Waals surface area contributed by atoms with Gasteiger partial charge < -0.3 is 9.47 Å². The first-order valence-corrected chi connectivity index (χ1v) is 7.35. The van der Waals surface area contributed by atoms with Crippen molar-refractivity contribution < 1.29 is 9.47 Å². The van der Waals surface area contributed by atoms with Crippen LogP contribution in [0.5, 0.6) is 11.5 Å². The number of benzene rings is 2. The van der Waals surface area contributed by atoms with E-state index in [4.69, 9.17) is 32.7 Å². The Morgan fingerprint density at radius 3 is 2.30 bits per heavy atom. The molecule has 2 aromatic carbocycles. The van der Waals surface area contributed by atoms with Gasteiger partial charge in [-0.3, -0.25) is 0 Å². The van der Waals surface area contributed by atoms with Crippen LogP contribution in [0.3, 0.4) is 0 Å². The average Bonchev–Trinajstić information content (AvgIpc) is 2.71. The Balaban J connectivity index is 1.99. The Bertz CT molecular complexity index is 599. The van der Waals surface area contributed by atoms with Crippen LogP contribution in [0.15, 0.2) is 42.5 Å². The van der Waals surface area contributed by atoms with E-state index in [0.717, 1.165) is 17.5 Å². The van der Waals surface area contributed by atoms with E-state index in [0.29, 0.717) is 29.7 Å². The number of hydrogen-bond donors (Lipinski definition) is 0. The quantitative estimate of drug-likeness (QED) is 0.740. The molecule has 20 heavy (non-hydrogen) atoms. The summed E-state index contributed by atoms with van der Waals surface area (Å²) in [5.41, 5.74) is 1.84. The van der Waals surface area contributed by atoms with Crippen molar-refractivity contribution in [2.45, 2.75) is 11.8 Å². The lowest BCUT2D eigenvalue weighted by molar-refractivity contribution is 0.297. The first-order chi connectivity index (χ1) is 9.75. The predicted octanol–water partition coefficient (Wildman–Crippen LogP) is 4.83. The highest BCUT2D eigenvalue weighted by atomic mass is 35.5. The first kappa shape index (κ1) is 13.6. The van der Waals surface area contributed by atoms with E-state index in [2.05, 4.69) is 0 Å². The fourth-order valence-electron chi connectivity index (χ4n) is 2.20. The molecule has 1 unspecified atom stereocenters. The molecular formula is C16H14Cl2O2. The van der Waals surface area contributed by atoms with Crippen molar-refractivity contribution in [2.75, 3.05) is 13.2 Å². The van der Waals surface area contributed by atoms with Crippen molar-refractivity contribution in [3.8, 4) is 11.5 Å². The van der Waals surface area contributed by atoms with Crippen LogP contribution in [0.1, 0.15) is 22.9 Å². The van der Waals surface area contributed by atoms with Crippen molar-refractivity contribution in [3.05, 3.63) is 58.6 Å². The Morgan fingerprint density at radius 1 is 0.950 bits per heavy atom. The molecule has 0 saturated carbocycles. The maximum absolute atomic E-state index is 6.54. The highest BCUT2D eigenvalue weighted by molar-refractivity contribution is 6.33. The molecule has 0 amide bonds. The topological polar surface area (TPSA) is 18.5 Å². The van der Waals surface area contributed by atoms with Crippen LogP contribution in [0, 0.1) is 0 Å². The van der Waals surface area contributed by atoms with Crippen LogP contribution in [-0.4, -0.2) is 13.2 Å². The van der Waals surface area contributed by atoms with Crippen molar-refractivity contribution in [1.82, 2.24) is 0 Å². The van der Waals surface area contributed by atoms with Gasteiger partial charge in [-0.15, -0.1) is 11.6 Å². The molecule has 4 heteroatoms. The highest BCUT2D eigenvalue weighted by Crippen LogP contribution is 2.41. The summed E-state index contributed by atoms with van der Waals surface area (Å²) in [6.45, 7) is 1.29. The van der Waals surface area contributed by atoms with Gasteiger partial charge in [-0.1, -0.05) is 41.9 Å². The molecule has 0 fully saturated rings. The van der Waals surface area contributed by atoms with E-state index in [1.165, 1.54) is 0 Å². The largest absolute Gasteiger partial charge is 0.490 e. The monoisotopic (exact) mass is 308 g/mol. The van der Waals surface area contributed by atoms with E-state index in [1.807, 2.05) is 36.4 Å². The SMILES string of the molecule is Clc1cc2c(cc1C(Cl)c1ccccc1)OCCCO2. The molecule has 0 aromatic heterocycles. The molecule has 1 aliphatic rings. The van der Waals surface area contributed by atoms with Gasteiger partial charge in [-0.2, -0.15) is 0 Å². The minimum atomic E-state index is -0.305. The van der Waals surface area contributed by atoms with Gasteiger partial charge in [0, 0.05) is 17.5 Å². The molecule has 1 heterocycles. The van der Waals surface area contributed by atoms with Crippen molar-refractivity contribution in [3.63, 3.8) is 0 Å². The zero-order chi connectivity index (χ0) is 13.9. The summed E-state index contributed by atoms with van der Waals surface area (Å²) < 4.78 is 11.3. The van der Waals surface area contributed by atoms with E-state index in [1.54, 1.807) is 6.07 Å². The molecule has 2 nitrogen and oxygen atoms in total. The van der Waals surface area contributed by atoms with Crippen molar-refractivity contribution in [1.29, 1.82) is 0 Å². The predicted molar refractivity (Wildman–Crippen MR) is 81.2 cm³/mol. The van der Waals surface area contributed by atoms with Crippen LogP contribution in [0.4, 0.5) is 0 Å². The number of ether oxygens (including phenoxy) is 2. The second-order valence-corrected chi connectivity index (χ2v) is 5.49. The Kier molecular flexibility index (Phi) is 4.04. The Labute approximate surface area is 128 Å². The minimum Gasteiger partial charge on any atom is -0.490 e. The van der Waals surface area contributed by atoms with Gasteiger partial charge in [0.25, 0.3) is 0 Å². The van der Waals surface area contributed by atoms with Gasteiger partial charge in [0.15, 0.2) is 11.5 Å². The molecule has 104 valence electrons. The molecular weight excluding hydrogens is 295 g/mol. The van der Waals surface area contributed by atoms with Crippen molar-refractivity contribution >= 4 is 23.2 Å². The molecule has 0 radical (unpaired) electrons. The molecule has 0 aliphatic carbocycles. The summed E-state index contributed by atoms with van der Waals surface area (Å²) in [6, 6.07) is 13.5. The molecule has 3 rings (SSSR count). The summed E-state index contributed by atoms with van der Waals surface area (Å²) in [7, 11) is 0. The second-order valence-electron chi connectivity index (χ2n) is 4.64. The number of rotatable bonds is 2. The number of fused-ring (bicyclic) bond motifs is 1. The number of alkyl halides is 1. The van der Waals surface area contributed by atoms with Crippen LogP contribution < -0.4 is 9.47 Å². The lowest BCUT2D eigenvalue weighted by Crippen LogP contribution is -1.98. The normalized spacial score (nSPS) is 15.5. The zero-order valence-electron chi connectivity index (χ0n) is 10.8. The Hall–Kier alpha value is -1.38. The summed E-state index contributed by atoms with van der Waals surface area (Å²) >= 11 is 12.9.